The van der Waals surface area contributed by atoms with Crippen LogP contribution < -0.4 is 0 Å². The van der Waals surface area contributed by atoms with Crippen LogP contribution in [0, 0.1) is 0 Å². The summed E-state index contributed by atoms with van der Waals surface area (Å²) in [4.78, 5) is 18.7. The highest BCUT2D eigenvalue weighted by molar-refractivity contribution is 5.67. The topological polar surface area (TPSA) is 56.2 Å². The number of carbonyl (C=O) groups is 1. The Hall–Kier alpha value is -1.63. The van der Waals surface area contributed by atoms with Gasteiger partial charge in [0.05, 0.1) is 6.61 Å². The van der Waals surface area contributed by atoms with Crippen molar-refractivity contribution in [2.75, 3.05) is 46.4 Å². The van der Waals surface area contributed by atoms with Crippen LogP contribution >= 0.6 is 0 Å². The summed E-state index contributed by atoms with van der Waals surface area (Å²) in [6.45, 7) is 4.69. The molecule has 0 bridgehead atoms. The van der Waals surface area contributed by atoms with E-state index < -0.39 is 0 Å². The van der Waals surface area contributed by atoms with Crippen molar-refractivity contribution < 1.29 is 14.6 Å². The lowest BCUT2D eigenvalue weighted by Gasteiger charge is -2.37. The number of ether oxygens (including phenoxy) is 1. The van der Waals surface area contributed by atoms with Gasteiger partial charge in [0, 0.05) is 44.8 Å². The van der Waals surface area contributed by atoms with Gasteiger partial charge < -0.3 is 14.7 Å². The Morgan fingerprint density at radius 1 is 1.21 bits per heavy atom. The highest BCUT2D eigenvalue weighted by Gasteiger charge is 2.34. The largest absolute Gasteiger partial charge is 0.445 e. The zero-order valence-corrected chi connectivity index (χ0v) is 14.3. The van der Waals surface area contributed by atoms with Crippen molar-refractivity contribution in [1.29, 1.82) is 0 Å². The molecule has 0 saturated carbocycles. The van der Waals surface area contributed by atoms with E-state index in [0.717, 1.165) is 31.6 Å². The van der Waals surface area contributed by atoms with E-state index in [9.17, 15) is 9.90 Å². The minimum absolute atomic E-state index is 0.221. The Bertz CT molecular complexity index is 532. The number of aliphatic hydroxyl groups is 1. The maximum atomic E-state index is 12.2. The van der Waals surface area contributed by atoms with Crippen molar-refractivity contribution in [2.24, 2.45) is 0 Å². The van der Waals surface area contributed by atoms with E-state index in [-0.39, 0.29) is 18.7 Å². The minimum atomic E-state index is -0.227. The molecule has 24 heavy (non-hydrogen) atoms. The monoisotopic (exact) mass is 333 g/mol. The van der Waals surface area contributed by atoms with E-state index in [4.69, 9.17) is 4.74 Å². The lowest BCUT2D eigenvalue weighted by Crippen LogP contribution is -2.52. The fourth-order valence-corrected chi connectivity index (χ4v) is 3.61. The van der Waals surface area contributed by atoms with Crippen molar-refractivity contribution >= 4 is 6.09 Å². The van der Waals surface area contributed by atoms with Crippen molar-refractivity contribution in [3.8, 4) is 0 Å². The molecule has 1 aromatic rings. The third-order valence-corrected chi connectivity index (χ3v) is 5.17. The van der Waals surface area contributed by atoms with Crippen molar-refractivity contribution in [1.82, 2.24) is 14.7 Å². The third kappa shape index (κ3) is 4.06. The Balaban J connectivity index is 1.42. The molecule has 6 heteroatoms. The van der Waals surface area contributed by atoms with Crippen LogP contribution in [0.3, 0.4) is 0 Å². The molecule has 2 fully saturated rings. The molecular formula is C18H27N3O3. The normalized spacial score (nSPS) is 25.8. The standard InChI is InChI=1S/C18H27N3O3/c1-19-12-16(11-17(19)13-22)20-7-9-21(10-8-20)18(23)24-14-15-5-3-2-4-6-15/h2-6,16-17,22H,7-14H2,1H3/t16-,17-/m0/s1. The first-order chi connectivity index (χ1) is 11.7. The first kappa shape index (κ1) is 17.2. The van der Waals surface area contributed by atoms with Crippen LogP contribution in [-0.2, 0) is 11.3 Å². The molecule has 0 aromatic heterocycles. The summed E-state index contributed by atoms with van der Waals surface area (Å²) in [5.74, 6) is 0. The van der Waals surface area contributed by atoms with E-state index >= 15 is 0 Å². The number of hydrogen-bond acceptors (Lipinski definition) is 5. The molecule has 2 atom stereocenters. The van der Waals surface area contributed by atoms with Gasteiger partial charge in [-0.15, -0.1) is 0 Å². The fourth-order valence-electron chi connectivity index (χ4n) is 3.61. The minimum Gasteiger partial charge on any atom is -0.445 e. The van der Waals surface area contributed by atoms with Gasteiger partial charge in [0.2, 0.25) is 0 Å². The Morgan fingerprint density at radius 3 is 2.54 bits per heavy atom. The first-order valence-electron chi connectivity index (χ1n) is 8.68. The molecule has 3 rings (SSSR count). The summed E-state index contributed by atoms with van der Waals surface area (Å²) in [5.41, 5.74) is 1.01. The summed E-state index contributed by atoms with van der Waals surface area (Å²) < 4.78 is 5.41. The molecule has 6 nitrogen and oxygen atoms in total. The molecule has 1 aromatic carbocycles. The number of benzene rings is 1. The number of rotatable bonds is 4. The Kier molecular flexibility index (Phi) is 5.71. The maximum Gasteiger partial charge on any atom is 0.410 e. The van der Waals surface area contributed by atoms with Crippen molar-refractivity contribution in [2.45, 2.75) is 25.1 Å². The second-order valence-corrected chi connectivity index (χ2v) is 6.73. The second kappa shape index (κ2) is 7.96. The zero-order chi connectivity index (χ0) is 16.9. The highest BCUT2D eigenvalue weighted by Crippen LogP contribution is 2.21. The molecule has 2 saturated heterocycles. The van der Waals surface area contributed by atoms with Gasteiger partial charge >= 0.3 is 6.09 Å². The lowest BCUT2D eigenvalue weighted by molar-refractivity contribution is 0.0609. The molecule has 0 aliphatic carbocycles. The molecule has 0 radical (unpaired) electrons. The van der Waals surface area contributed by atoms with Gasteiger partial charge in [0.1, 0.15) is 6.61 Å². The Labute approximate surface area is 143 Å². The first-order valence-corrected chi connectivity index (χ1v) is 8.68. The quantitative estimate of drug-likeness (QED) is 0.891. The predicted molar refractivity (Wildman–Crippen MR) is 91.7 cm³/mol. The number of carbonyl (C=O) groups excluding carboxylic acids is 1. The van der Waals surface area contributed by atoms with Gasteiger partial charge in [0.25, 0.3) is 0 Å². The second-order valence-electron chi connectivity index (χ2n) is 6.73. The number of piperazine rings is 1. The summed E-state index contributed by atoms with van der Waals surface area (Å²) in [6.07, 6.45) is 0.779. The number of amides is 1. The Morgan fingerprint density at radius 2 is 1.92 bits per heavy atom. The molecule has 2 aliphatic heterocycles. The fraction of sp³-hybridized carbons (Fsp3) is 0.611. The number of likely N-dealkylation sites (N-methyl/N-ethyl adjacent to an activating group) is 1. The van der Waals surface area contributed by atoms with Crippen LogP contribution in [0.15, 0.2) is 30.3 Å². The van der Waals surface area contributed by atoms with Crippen molar-refractivity contribution in [3.05, 3.63) is 35.9 Å². The molecule has 0 unspecified atom stereocenters. The smallest absolute Gasteiger partial charge is 0.410 e. The van der Waals surface area contributed by atoms with E-state index in [1.807, 2.05) is 30.3 Å². The molecule has 2 heterocycles. The van der Waals surface area contributed by atoms with E-state index in [1.165, 1.54) is 0 Å². The van der Waals surface area contributed by atoms with Crippen LogP contribution in [0.1, 0.15) is 12.0 Å². The number of aliphatic hydroxyl groups excluding tert-OH is 1. The maximum absolute atomic E-state index is 12.2. The average molecular weight is 333 g/mol. The van der Waals surface area contributed by atoms with Gasteiger partial charge in [0.15, 0.2) is 0 Å². The molecule has 1 amide bonds. The summed E-state index contributed by atoms with van der Waals surface area (Å²) >= 11 is 0. The van der Waals surface area contributed by atoms with Crippen LogP contribution in [0.5, 0.6) is 0 Å². The van der Waals surface area contributed by atoms with E-state index in [2.05, 4.69) is 16.8 Å². The van der Waals surface area contributed by atoms with Gasteiger partial charge in [-0.2, -0.15) is 0 Å². The lowest BCUT2D eigenvalue weighted by atomic mass is 10.1. The van der Waals surface area contributed by atoms with Crippen LogP contribution in [0.2, 0.25) is 0 Å². The molecule has 2 aliphatic rings. The van der Waals surface area contributed by atoms with Crippen LogP contribution in [-0.4, -0.2) is 84.4 Å². The van der Waals surface area contributed by atoms with Crippen LogP contribution in [0.25, 0.3) is 0 Å². The van der Waals surface area contributed by atoms with E-state index in [1.54, 1.807) is 4.90 Å². The molecule has 132 valence electrons. The summed E-state index contributed by atoms with van der Waals surface area (Å²) in [6, 6.07) is 10.5. The zero-order valence-electron chi connectivity index (χ0n) is 14.3. The summed E-state index contributed by atoms with van der Waals surface area (Å²) in [7, 11) is 2.07. The third-order valence-electron chi connectivity index (χ3n) is 5.17. The van der Waals surface area contributed by atoms with Gasteiger partial charge in [-0.25, -0.2) is 4.79 Å². The molecular weight excluding hydrogens is 306 g/mol. The van der Waals surface area contributed by atoms with Crippen molar-refractivity contribution in [3.63, 3.8) is 0 Å². The number of likely N-dealkylation sites (tertiary alicyclic amines) is 1. The molecule has 1 N–H and O–H groups in total. The number of hydrogen-bond donors (Lipinski definition) is 1. The average Bonchev–Trinajstić information content (AvgIpc) is 3.01. The van der Waals surface area contributed by atoms with E-state index in [0.29, 0.717) is 25.7 Å². The van der Waals surface area contributed by atoms with Gasteiger partial charge in [-0.05, 0) is 19.0 Å². The van der Waals surface area contributed by atoms with Gasteiger partial charge in [-0.1, -0.05) is 30.3 Å². The predicted octanol–water partition coefficient (Wildman–Crippen LogP) is 1.01. The summed E-state index contributed by atoms with van der Waals surface area (Å²) in [5, 5.41) is 9.39. The highest BCUT2D eigenvalue weighted by atomic mass is 16.6. The van der Waals surface area contributed by atoms with Gasteiger partial charge in [-0.3, -0.25) is 9.80 Å². The molecule has 0 spiro atoms. The number of nitrogens with zero attached hydrogens (tertiary/aromatic N) is 3. The van der Waals surface area contributed by atoms with Crippen LogP contribution in [0.4, 0.5) is 4.79 Å². The SMILES string of the molecule is CN1C[C@@H](N2CCN(C(=O)OCc3ccccc3)CC2)C[C@H]1CO.